The van der Waals surface area contributed by atoms with E-state index in [1.807, 2.05) is 62.4 Å². The summed E-state index contributed by atoms with van der Waals surface area (Å²) in [6.07, 6.45) is 2.19. The summed E-state index contributed by atoms with van der Waals surface area (Å²) in [5.41, 5.74) is 5.80. The van der Waals surface area contributed by atoms with E-state index in [2.05, 4.69) is 26.6 Å². The highest BCUT2D eigenvalue weighted by atomic mass is 79.9. The lowest BCUT2D eigenvalue weighted by Gasteiger charge is -2.34. The van der Waals surface area contributed by atoms with Gasteiger partial charge in [0.25, 0.3) is 5.91 Å². The average Bonchev–Trinajstić information content (AvgIpc) is 2.69. The maximum Gasteiger partial charge on any atom is 0.254 e. The molecule has 1 heterocycles. The van der Waals surface area contributed by atoms with Crippen LogP contribution >= 0.6 is 15.9 Å². The summed E-state index contributed by atoms with van der Waals surface area (Å²) in [5.74, 6) is -0.433. The van der Waals surface area contributed by atoms with Crippen LogP contribution in [-0.2, 0) is 9.59 Å². The molecule has 0 bridgehead atoms. The number of carbonyl (C=O) groups is 2. The van der Waals surface area contributed by atoms with Crippen molar-refractivity contribution >= 4 is 33.3 Å². The summed E-state index contributed by atoms with van der Waals surface area (Å²) in [7, 11) is 0. The molecule has 1 atom stereocenters. The van der Waals surface area contributed by atoms with Gasteiger partial charge >= 0.3 is 0 Å². The van der Waals surface area contributed by atoms with Gasteiger partial charge in [-0.3, -0.25) is 9.59 Å². The summed E-state index contributed by atoms with van der Waals surface area (Å²) >= 11 is 3.53. The van der Waals surface area contributed by atoms with Crippen molar-refractivity contribution in [3.63, 3.8) is 0 Å². The number of rotatable bonds is 3. The Kier molecular flexibility index (Phi) is 5.41. The Balaban J connectivity index is 1.81. The number of aryl methyl sites for hydroxylation is 1. The number of amides is 1. The van der Waals surface area contributed by atoms with Gasteiger partial charge in [-0.05, 0) is 56.0 Å². The molecule has 0 unspecified atom stereocenters. The fourth-order valence-electron chi connectivity index (χ4n) is 4.21. The first-order valence-electron chi connectivity index (χ1n) is 9.82. The van der Waals surface area contributed by atoms with Gasteiger partial charge in [-0.1, -0.05) is 46.3 Å². The number of carbonyl (C=O) groups excluding carboxylic acids is 2. The summed E-state index contributed by atoms with van der Waals surface area (Å²) in [4.78, 5) is 26.3. The quantitative estimate of drug-likeness (QED) is 0.660. The van der Waals surface area contributed by atoms with E-state index in [1.165, 1.54) is 0 Å². The largest absolute Gasteiger partial charge is 0.362 e. The maximum absolute atomic E-state index is 13.4. The third kappa shape index (κ3) is 3.79. The first kappa shape index (κ1) is 19.6. The molecule has 0 radical (unpaired) electrons. The Hall–Kier alpha value is -2.66. The van der Waals surface area contributed by atoms with E-state index in [4.69, 9.17) is 0 Å². The molecule has 148 valence electrons. The van der Waals surface area contributed by atoms with Gasteiger partial charge in [-0.15, -0.1) is 0 Å². The zero-order chi connectivity index (χ0) is 20.5. The molecule has 1 aliphatic heterocycles. The number of hydrogen-bond acceptors (Lipinski definition) is 3. The van der Waals surface area contributed by atoms with Crippen molar-refractivity contribution in [1.82, 2.24) is 5.32 Å². The number of Topliss-reactive ketones (excluding diaryl/α,β-unsaturated/α-hetero) is 1. The van der Waals surface area contributed by atoms with Crippen molar-refractivity contribution in [3.8, 4) is 0 Å². The Bertz CT molecular complexity index is 1070. The van der Waals surface area contributed by atoms with Crippen LogP contribution in [0.2, 0.25) is 0 Å². The van der Waals surface area contributed by atoms with Crippen molar-refractivity contribution in [1.29, 1.82) is 0 Å². The lowest BCUT2D eigenvalue weighted by atomic mass is 9.75. The van der Waals surface area contributed by atoms with Gasteiger partial charge in [-0.25, -0.2) is 0 Å². The molecule has 0 saturated heterocycles. The maximum atomic E-state index is 13.4. The molecule has 0 fully saturated rings. The normalized spacial score (nSPS) is 19.0. The van der Waals surface area contributed by atoms with Gasteiger partial charge in [-0.2, -0.15) is 0 Å². The second-order valence-corrected chi connectivity index (χ2v) is 8.51. The number of benzene rings is 2. The predicted octanol–water partition coefficient (Wildman–Crippen LogP) is 5.36. The minimum atomic E-state index is -0.374. The van der Waals surface area contributed by atoms with Crippen LogP contribution in [0.5, 0.6) is 0 Å². The number of halogens is 1. The Morgan fingerprint density at radius 2 is 1.90 bits per heavy atom. The molecule has 0 spiro atoms. The highest BCUT2D eigenvalue weighted by molar-refractivity contribution is 9.10. The Labute approximate surface area is 179 Å². The fraction of sp³-hybridized carbons (Fsp3) is 0.250. The van der Waals surface area contributed by atoms with Crippen molar-refractivity contribution in [2.45, 2.75) is 39.0 Å². The van der Waals surface area contributed by atoms with Gasteiger partial charge in [0.15, 0.2) is 5.78 Å². The lowest BCUT2D eigenvalue weighted by molar-refractivity contribution is -0.116. The van der Waals surface area contributed by atoms with Crippen molar-refractivity contribution in [3.05, 3.63) is 86.7 Å². The SMILES string of the molecule is CC1=C(C(=O)Nc2ccccc2C)[C@@H](c2cccc(Br)c2)C2=C(CCCC2=O)N1. The second-order valence-electron chi connectivity index (χ2n) is 7.59. The van der Waals surface area contributed by atoms with Crippen molar-refractivity contribution in [2.75, 3.05) is 5.32 Å². The third-order valence-electron chi connectivity index (χ3n) is 5.60. The van der Waals surface area contributed by atoms with E-state index < -0.39 is 0 Å². The predicted molar refractivity (Wildman–Crippen MR) is 118 cm³/mol. The van der Waals surface area contributed by atoms with Crippen molar-refractivity contribution < 1.29 is 9.59 Å². The highest BCUT2D eigenvalue weighted by Gasteiger charge is 2.38. The standard InChI is InChI=1S/C24H23BrN2O2/c1-14-7-3-4-10-18(14)27-24(29)21-15(2)26-19-11-6-12-20(28)23(19)22(21)16-8-5-9-17(25)13-16/h3-5,7-10,13,22,26H,6,11-12H2,1-2H3,(H,27,29)/t22-/m1/s1. The van der Waals surface area contributed by atoms with Gasteiger partial charge in [0.1, 0.15) is 0 Å². The van der Waals surface area contributed by atoms with Crippen LogP contribution < -0.4 is 10.6 Å². The van der Waals surface area contributed by atoms with E-state index in [0.29, 0.717) is 12.0 Å². The van der Waals surface area contributed by atoms with Crippen LogP contribution in [0.15, 0.2) is 75.5 Å². The van der Waals surface area contributed by atoms with Crippen LogP contribution in [0, 0.1) is 6.92 Å². The van der Waals surface area contributed by atoms with Crippen LogP contribution in [0.1, 0.15) is 43.2 Å². The van der Waals surface area contributed by atoms with Crippen LogP contribution in [0.25, 0.3) is 0 Å². The molecule has 1 aliphatic carbocycles. The molecular weight excluding hydrogens is 428 g/mol. The molecule has 2 aliphatic rings. The van der Waals surface area contributed by atoms with E-state index in [9.17, 15) is 9.59 Å². The smallest absolute Gasteiger partial charge is 0.254 e. The molecule has 4 nitrogen and oxygen atoms in total. The molecule has 4 rings (SSSR count). The van der Waals surface area contributed by atoms with Gasteiger partial charge < -0.3 is 10.6 Å². The van der Waals surface area contributed by atoms with E-state index in [-0.39, 0.29) is 17.6 Å². The summed E-state index contributed by atoms with van der Waals surface area (Å²) in [6, 6.07) is 15.6. The third-order valence-corrected chi connectivity index (χ3v) is 6.09. The summed E-state index contributed by atoms with van der Waals surface area (Å²) in [5, 5.41) is 6.41. The van der Waals surface area contributed by atoms with Gasteiger partial charge in [0.2, 0.25) is 0 Å². The van der Waals surface area contributed by atoms with Gasteiger partial charge in [0, 0.05) is 45.0 Å². The number of allylic oxidation sites excluding steroid dienone is 3. The number of para-hydroxylation sites is 1. The minimum absolute atomic E-state index is 0.123. The number of ketones is 1. The van der Waals surface area contributed by atoms with Gasteiger partial charge in [0.05, 0.1) is 0 Å². The van der Waals surface area contributed by atoms with Crippen LogP contribution in [-0.4, -0.2) is 11.7 Å². The highest BCUT2D eigenvalue weighted by Crippen LogP contribution is 2.43. The molecule has 0 saturated carbocycles. The second kappa shape index (κ2) is 7.99. The molecular formula is C24H23BrN2O2. The number of hydrogen-bond donors (Lipinski definition) is 2. The fourth-order valence-corrected chi connectivity index (χ4v) is 4.62. The first-order chi connectivity index (χ1) is 14.0. The first-order valence-corrected chi connectivity index (χ1v) is 10.6. The van der Waals surface area contributed by atoms with Crippen LogP contribution in [0.4, 0.5) is 5.69 Å². The van der Waals surface area contributed by atoms with E-state index in [1.54, 1.807) is 0 Å². The molecule has 2 aromatic carbocycles. The number of nitrogens with one attached hydrogen (secondary N) is 2. The summed E-state index contributed by atoms with van der Waals surface area (Å²) in [6.45, 7) is 3.88. The molecule has 2 N–H and O–H groups in total. The average molecular weight is 451 g/mol. The van der Waals surface area contributed by atoms with E-state index in [0.717, 1.165) is 51.1 Å². The van der Waals surface area contributed by atoms with Crippen molar-refractivity contribution in [2.24, 2.45) is 0 Å². The number of anilines is 1. The monoisotopic (exact) mass is 450 g/mol. The summed E-state index contributed by atoms with van der Waals surface area (Å²) < 4.78 is 0.926. The zero-order valence-corrected chi connectivity index (χ0v) is 18.1. The topological polar surface area (TPSA) is 58.2 Å². The molecule has 1 amide bonds. The Morgan fingerprint density at radius 3 is 2.66 bits per heavy atom. The molecule has 0 aromatic heterocycles. The molecule has 2 aromatic rings. The number of dihydropyridines is 1. The van der Waals surface area contributed by atoms with E-state index >= 15 is 0 Å². The lowest BCUT2D eigenvalue weighted by Crippen LogP contribution is -2.35. The molecule has 29 heavy (non-hydrogen) atoms. The zero-order valence-electron chi connectivity index (χ0n) is 16.5. The molecule has 5 heteroatoms. The Morgan fingerprint density at radius 1 is 1.10 bits per heavy atom. The minimum Gasteiger partial charge on any atom is -0.362 e. The van der Waals surface area contributed by atoms with Crippen LogP contribution in [0.3, 0.4) is 0 Å².